The Morgan fingerprint density at radius 1 is 1.23 bits per heavy atom. The van der Waals surface area contributed by atoms with E-state index in [0.717, 1.165) is 33.5 Å². The number of amides is 2. The van der Waals surface area contributed by atoms with E-state index in [-0.39, 0.29) is 25.2 Å². The van der Waals surface area contributed by atoms with E-state index in [1.165, 1.54) is 0 Å². The lowest BCUT2D eigenvalue weighted by molar-refractivity contribution is -0.141. The van der Waals surface area contributed by atoms with E-state index in [9.17, 15) is 9.59 Å². The molecule has 162 valence electrons. The molecule has 4 rings (SSSR count). The minimum absolute atomic E-state index is 0.173. The first-order valence-electron chi connectivity index (χ1n) is 10.2. The molecular weight excluding hydrogens is 418 g/mol. The average Bonchev–Trinajstić information content (AvgIpc) is 3.15. The van der Waals surface area contributed by atoms with Crippen molar-refractivity contribution < 1.29 is 19.1 Å². The van der Waals surface area contributed by atoms with Gasteiger partial charge >= 0.3 is 12.0 Å². The van der Waals surface area contributed by atoms with Crippen molar-refractivity contribution in [3.05, 3.63) is 64.3 Å². The first-order chi connectivity index (χ1) is 15.0. The third kappa shape index (κ3) is 4.18. The van der Waals surface area contributed by atoms with Gasteiger partial charge in [0.15, 0.2) is 0 Å². The summed E-state index contributed by atoms with van der Waals surface area (Å²) in [4.78, 5) is 30.0. The fraction of sp³-hybridized carbons (Fsp3) is 0.304. The summed E-state index contributed by atoms with van der Waals surface area (Å²) in [6, 6.07) is 12.7. The molecule has 1 aliphatic heterocycles. The normalized spacial score (nSPS) is 15.5. The number of ether oxygens (including phenoxy) is 2. The maximum absolute atomic E-state index is 13.0. The SMILES string of the molecule is CCOC(=O)CNC(=O)N1CCc2c([nH]c3ccc(Cl)cc23)[C@@H]1c1ccc(OC)cc1. The lowest BCUT2D eigenvalue weighted by Gasteiger charge is -2.36. The van der Waals surface area contributed by atoms with Crippen LogP contribution < -0.4 is 10.1 Å². The number of hydrogen-bond donors (Lipinski definition) is 2. The number of carbonyl (C=O) groups excluding carboxylic acids is 2. The summed E-state index contributed by atoms with van der Waals surface area (Å²) in [6.07, 6.45) is 0.676. The van der Waals surface area contributed by atoms with Crippen molar-refractivity contribution in [2.24, 2.45) is 0 Å². The number of aromatic amines is 1. The largest absolute Gasteiger partial charge is 0.497 e. The number of fused-ring (bicyclic) bond motifs is 3. The molecule has 0 fully saturated rings. The summed E-state index contributed by atoms with van der Waals surface area (Å²) in [7, 11) is 1.62. The predicted octanol–water partition coefficient (Wildman–Crippen LogP) is 4.05. The molecule has 0 aliphatic carbocycles. The van der Waals surface area contributed by atoms with Gasteiger partial charge < -0.3 is 24.7 Å². The van der Waals surface area contributed by atoms with E-state index < -0.39 is 5.97 Å². The van der Waals surface area contributed by atoms with Gasteiger partial charge in [0, 0.05) is 28.2 Å². The van der Waals surface area contributed by atoms with Gasteiger partial charge in [0.25, 0.3) is 0 Å². The lowest BCUT2D eigenvalue weighted by Crippen LogP contribution is -2.47. The molecule has 2 aromatic carbocycles. The summed E-state index contributed by atoms with van der Waals surface area (Å²) in [5.74, 6) is 0.274. The summed E-state index contributed by atoms with van der Waals surface area (Å²) in [5, 5.41) is 4.42. The minimum atomic E-state index is -0.463. The summed E-state index contributed by atoms with van der Waals surface area (Å²) >= 11 is 6.23. The molecule has 0 saturated heterocycles. The Morgan fingerprint density at radius 3 is 2.71 bits per heavy atom. The van der Waals surface area contributed by atoms with Crippen molar-refractivity contribution >= 4 is 34.5 Å². The molecule has 0 unspecified atom stereocenters. The van der Waals surface area contributed by atoms with Crippen LogP contribution in [0.3, 0.4) is 0 Å². The van der Waals surface area contributed by atoms with E-state index in [2.05, 4.69) is 10.3 Å². The molecule has 1 aromatic heterocycles. The number of aromatic nitrogens is 1. The minimum Gasteiger partial charge on any atom is -0.497 e. The first-order valence-corrected chi connectivity index (χ1v) is 10.5. The number of esters is 1. The van der Waals surface area contributed by atoms with Crippen LogP contribution in [0.4, 0.5) is 4.79 Å². The summed E-state index contributed by atoms with van der Waals surface area (Å²) in [5.41, 5.74) is 4.00. The number of methoxy groups -OCH3 is 1. The van der Waals surface area contributed by atoms with Gasteiger partial charge in [-0.25, -0.2) is 4.79 Å². The van der Waals surface area contributed by atoms with E-state index in [0.29, 0.717) is 18.0 Å². The second-order valence-corrected chi connectivity index (χ2v) is 7.73. The number of nitrogens with zero attached hydrogens (tertiary/aromatic N) is 1. The second kappa shape index (κ2) is 8.89. The van der Waals surface area contributed by atoms with Crippen LogP contribution in [0.5, 0.6) is 5.75 Å². The van der Waals surface area contributed by atoms with Crippen molar-refractivity contribution in [3.63, 3.8) is 0 Å². The quantitative estimate of drug-likeness (QED) is 0.585. The van der Waals surface area contributed by atoms with Crippen molar-refractivity contribution in [2.75, 3.05) is 26.8 Å². The van der Waals surface area contributed by atoms with Crippen LogP contribution in [0, 0.1) is 0 Å². The standard InChI is InChI=1S/C23H24ClN3O4/c1-3-31-20(28)13-25-23(29)27-11-10-17-18-12-15(24)6-9-19(18)26-21(17)22(27)14-4-7-16(30-2)8-5-14/h4-9,12,22,26H,3,10-11,13H2,1-2H3,(H,25,29)/t22-/m0/s1. The van der Waals surface area contributed by atoms with Crippen molar-refractivity contribution in [1.82, 2.24) is 15.2 Å². The number of carbonyl (C=O) groups is 2. The lowest BCUT2D eigenvalue weighted by atomic mass is 9.92. The highest BCUT2D eigenvalue weighted by Gasteiger charge is 2.34. The van der Waals surface area contributed by atoms with Crippen molar-refractivity contribution in [3.8, 4) is 5.75 Å². The van der Waals surface area contributed by atoms with E-state index in [1.54, 1.807) is 18.9 Å². The summed E-state index contributed by atoms with van der Waals surface area (Å²) < 4.78 is 10.2. The Balaban J connectivity index is 1.72. The number of urea groups is 1. The molecule has 0 bridgehead atoms. The van der Waals surface area contributed by atoms with Crippen LogP contribution in [0.15, 0.2) is 42.5 Å². The van der Waals surface area contributed by atoms with Gasteiger partial charge in [-0.1, -0.05) is 23.7 Å². The molecule has 7 nitrogen and oxygen atoms in total. The monoisotopic (exact) mass is 441 g/mol. The number of halogens is 1. The molecule has 1 atom stereocenters. The van der Waals surface area contributed by atoms with Crippen LogP contribution in [0.25, 0.3) is 10.9 Å². The molecule has 0 radical (unpaired) electrons. The Morgan fingerprint density at radius 2 is 2.00 bits per heavy atom. The number of H-pyrrole nitrogens is 1. The molecule has 8 heteroatoms. The Kier molecular flexibility index (Phi) is 6.04. The van der Waals surface area contributed by atoms with Gasteiger partial charge in [-0.05, 0) is 54.8 Å². The van der Waals surface area contributed by atoms with Crippen LogP contribution in [0.1, 0.15) is 29.8 Å². The van der Waals surface area contributed by atoms with Crippen LogP contribution in [-0.4, -0.2) is 48.7 Å². The molecule has 0 saturated carbocycles. The van der Waals surface area contributed by atoms with Gasteiger partial charge in [0.2, 0.25) is 0 Å². The molecular formula is C23H24ClN3O4. The summed E-state index contributed by atoms with van der Waals surface area (Å²) in [6.45, 7) is 2.33. The van der Waals surface area contributed by atoms with E-state index in [1.807, 2.05) is 42.5 Å². The first kappa shape index (κ1) is 21.1. The molecule has 3 aromatic rings. The van der Waals surface area contributed by atoms with Gasteiger partial charge in [-0.3, -0.25) is 4.79 Å². The second-order valence-electron chi connectivity index (χ2n) is 7.29. The van der Waals surface area contributed by atoms with Crippen LogP contribution in [0.2, 0.25) is 5.02 Å². The maximum atomic E-state index is 13.0. The molecule has 2 heterocycles. The van der Waals surface area contributed by atoms with Gasteiger partial charge in [-0.15, -0.1) is 0 Å². The Labute approximate surface area is 185 Å². The molecule has 2 amide bonds. The topological polar surface area (TPSA) is 83.7 Å². The van der Waals surface area contributed by atoms with Crippen LogP contribution >= 0.6 is 11.6 Å². The number of benzene rings is 2. The molecule has 31 heavy (non-hydrogen) atoms. The number of rotatable bonds is 5. The van der Waals surface area contributed by atoms with Gasteiger partial charge in [0.1, 0.15) is 12.3 Å². The van der Waals surface area contributed by atoms with Gasteiger partial charge in [0.05, 0.1) is 19.8 Å². The van der Waals surface area contributed by atoms with Crippen molar-refractivity contribution in [2.45, 2.75) is 19.4 Å². The van der Waals surface area contributed by atoms with E-state index >= 15 is 0 Å². The van der Waals surface area contributed by atoms with Crippen LogP contribution in [-0.2, 0) is 16.0 Å². The Bertz CT molecular complexity index is 1110. The fourth-order valence-corrected chi connectivity index (χ4v) is 4.25. The molecule has 0 spiro atoms. The zero-order chi connectivity index (χ0) is 22.0. The zero-order valence-corrected chi connectivity index (χ0v) is 18.2. The Hall–Kier alpha value is -3.19. The highest BCUT2D eigenvalue weighted by atomic mass is 35.5. The zero-order valence-electron chi connectivity index (χ0n) is 17.4. The predicted molar refractivity (Wildman–Crippen MR) is 119 cm³/mol. The molecule has 2 N–H and O–H groups in total. The molecule has 1 aliphatic rings. The highest BCUT2D eigenvalue weighted by molar-refractivity contribution is 6.31. The third-order valence-corrected chi connectivity index (χ3v) is 5.71. The maximum Gasteiger partial charge on any atom is 0.325 e. The smallest absolute Gasteiger partial charge is 0.325 e. The fourth-order valence-electron chi connectivity index (χ4n) is 4.07. The average molecular weight is 442 g/mol. The van der Waals surface area contributed by atoms with Gasteiger partial charge in [-0.2, -0.15) is 0 Å². The van der Waals surface area contributed by atoms with Crippen molar-refractivity contribution in [1.29, 1.82) is 0 Å². The third-order valence-electron chi connectivity index (χ3n) is 5.47. The van der Waals surface area contributed by atoms with E-state index in [4.69, 9.17) is 21.1 Å². The number of nitrogens with one attached hydrogen (secondary N) is 2. The highest BCUT2D eigenvalue weighted by Crippen LogP contribution is 2.39. The number of hydrogen-bond acceptors (Lipinski definition) is 4.